The Labute approximate surface area is 123 Å². The highest BCUT2D eigenvalue weighted by Crippen LogP contribution is 2.23. The third-order valence-electron chi connectivity index (χ3n) is 2.94. The molecule has 1 heterocycles. The zero-order valence-electron chi connectivity index (χ0n) is 11.4. The molecular weight excluding hydrogens is 294 g/mol. The van der Waals surface area contributed by atoms with Gasteiger partial charge in [0.05, 0.1) is 9.85 Å². The molecule has 114 valence electrons. The van der Waals surface area contributed by atoms with Gasteiger partial charge in [-0.3, -0.25) is 29.7 Å². The molecule has 1 N–H and O–H groups in total. The van der Waals surface area contributed by atoms with E-state index in [9.17, 15) is 25.0 Å². The molecule has 0 bridgehead atoms. The van der Waals surface area contributed by atoms with Gasteiger partial charge in [-0.2, -0.15) is 5.10 Å². The van der Waals surface area contributed by atoms with Crippen LogP contribution in [0.4, 0.5) is 17.1 Å². The van der Waals surface area contributed by atoms with Crippen LogP contribution in [0.1, 0.15) is 5.69 Å². The average Bonchev–Trinajstić information content (AvgIpc) is 2.80. The zero-order chi connectivity index (χ0) is 16.3. The minimum atomic E-state index is -0.611. The first-order valence-corrected chi connectivity index (χ1v) is 6.10. The van der Waals surface area contributed by atoms with Crippen LogP contribution in [0.3, 0.4) is 0 Å². The number of anilines is 1. The van der Waals surface area contributed by atoms with Gasteiger partial charge in [0.2, 0.25) is 5.91 Å². The molecule has 0 saturated carbocycles. The number of nitro benzene ring substituents is 1. The number of para-hydroxylation sites is 2. The van der Waals surface area contributed by atoms with E-state index >= 15 is 0 Å². The van der Waals surface area contributed by atoms with Gasteiger partial charge < -0.3 is 5.32 Å². The Hall–Kier alpha value is -3.30. The summed E-state index contributed by atoms with van der Waals surface area (Å²) in [6.07, 6.45) is 1.05. The molecule has 2 rings (SSSR count). The highest BCUT2D eigenvalue weighted by molar-refractivity contribution is 5.92. The fourth-order valence-electron chi connectivity index (χ4n) is 1.84. The molecule has 1 amide bonds. The van der Waals surface area contributed by atoms with E-state index in [4.69, 9.17) is 0 Å². The van der Waals surface area contributed by atoms with Gasteiger partial charge in [0, 0.05) is 6.07 Å². The molecule has 2 aromatic rings. The van der Waals surface area contributed by atoms with Gasteiger partial charge in [-0.05, 0) is 13.0 Å². The SMILES string of the molecule is Cc1c([N+](=O)[O-])cnn1CC(=O)Nc1ccccc1[N+](=O)[O-]. The molecular formula is C12H11N5O5. The van der Waals surface area contributed by atoms with Crippen molar-refractivity contribution in [3.63, 3.8) is 0 Å². The predicted octanol–water partition coefficient (Wildman–Crippen LogP) is 1.65. The maximum atomic E-state index is 11.9. The normalized spacial score (nSPS) is 10.2. The predicted molar refractivity (Wildman–Crippen MR) is 75.3 cm³/mol. The Morgan fingerprint density at radius 3 is 2.45 bits per heavy atom. The van der Waals surface area contributed by atoms with E-state index < -0.39 is 15.8 Å². The number of hydrogen-bond donors (Lipinski definition) is 1. The zero-order valence-corrected chi connectivity index (χ0v) is 11.4. The van der Waals surface area contributed by atoms with Crippen molar-refractivity contribution in [2.24, 2.45) is 0 Å². The minimum absolute atomic E-state index is 0.0526. The number of hydrogen-bond acceptors (Lipinski definition) is 6. The third-order valence-corrected chi connectivity index (χ3v) is 2.94. The second-order valence-electron chi connectivity index (χ2n) is 4.35. The standard InChI is InChI=1S/C12H11N5O5/c1-8-11(17(21)22)6-13-15(8)7-12(18)14-9-4-2-3-5-10(9)16(19)20/h2-6H,7H2,1H3,(H,14,18). The number of carbonyl (C=O) groups is 1. The smallest absolute Gasteiger partial charge is 0.309 e. The molecule has 1 aromatic carbocycles. The minimum Gasteiger partial charge on any atom is -0.319 e. The molecule has 0 atom stereocenters. The van der Waals surface area contributed by atoms with Crippen LogP contribution in [0.15, 0.2) is 30.5 Å². The molecule has 0 saturated heterocycles. The number of amides is 1. The summed E-state index contributed by atoms with van der Waals surface area (Å²) in [7, 11) is 0. The second-order valence-corrected chi connectivity index (χ2v) is 4.35. The fourth-order valence-corrected chi connectivity index (χ4v) is 1.84. The average molecular weight is 305 g/mol. The van der Waals surface area contributed by atoms with Gasteiger partial charge >= 0.3 is 5.69 Å². The van der Waals surface area contributed by atoms with Gasteiger partial charge in [0.15, 0.2) is 0 Å². The van der Waals surface area contributed by atoms with Crippen molar-refractivity contribution in [3.8, 4) is 0 Å². The summed E-state index contributed by atoms with van der Waals surface area (Å²) in [6.45, 7) is 1.18. The summed E-state index contributed by atoms with van der Waals surface area (Å²) >= 11 is 0. The fraction of sp³-hybridized carbons (Fsp3) is 0.167. The lowest BCUT2D eigenvalue weighted by atomic mass is 10.2. The molecule has 10 nitrogen and oxygen atoms in total. The van der Waals surface area contributed by atoms with E-state index in [1.165, 1.54) is 25.1 Å². The molecule has 0 spiro atoms. The van der Waals surface area contributed by atoms with Crippen molar-refractivity contribution in [1.29, 1.82) is 0 Å². The highest BCUT2D eigenvalue weighted by Gasteiger charge is 2.19. The molecule has 0 unspecified atom stereocenters. The van der Waals surface area contributed by atoms with Crippen LogP contribution in [0.25, 0.3) is 0 Å². The van der Waals surface area contributed by atoms with E-state index in [1.807, 2.05) is 0 Å². The van der Waals surface area contributed by atoms with Crippen molar-refractivity contribution in [3.05, 3.63) is 56.4 Å². The van der Waals surface area contributed by atoms with Crippen molar-refractivity contribution in [2.75, 3.05) is 5.32 Å². The Bertz CT molecular complexity index is 754. The van der Waals surface area contributed by atoms with E-state index in [0.29, 0.717) is 0 Å². The lowest BCUT2D eigenvalue weighted by Gasteiger charge is -2.06. The van der Waals surface area contributed by atoms with Crippen LogP contribution in [0, 0.1) is 27.2 Å². The van der Waals surface area contributed by atoms with Crippen molar-refractivity contribution < 1.29 is 14.6 Å². The molecule has 0 aliphatic heterocycles. The number of nitro groups is 2. The summed E-state index contributed by atoms with van der Waals surface area (Å²) < 4.78 is 1.15. The van der Waals surface area contributed by atoms with E-state index in [1.54, 1.807) is 6.07 Å². The van der Waals surface area contributed by atoms with Crippen LogP contribution < -0.4 is 5.32 Å². The van der Waals surface area contributed by atoms with E-state index in [2.05, 4.69) is 10.4 Å². The second kappa shape index (κ2) is 5.99. The Kier molecular flexibility index (Phi) is 4.11. The van der Waals surface area contributed by atoms with E-state index in [0.717, 1.165) is 10.9 Å². The van der Waals surface area contributed by atoms with Crippen LogP contribution in [-0.4, -0.2) is 25.5 Å². The maximum Gasteiger partial charge on any atom is 0.309 e. The van der Waals surface area contributed by atoms with Gasteiger partial charge in [0.1, 0.15) is 24.1 Å². The summed E-state index contributed by atoms with van der Waals surface area (Å²) in [5, 5.41) is 27.7. The molecule has 0 radical (unpaired) electrons. The van der Waals surface area contributed by atoms with Crippen LogP contribution in [-0.2, 0) is 11.3 Å². The number of benzene rings is 1. The van der Waals surface area contributed by atoms with Crippen molar-refractivity contribution >= 4 is 23.0 Å². The van der Waals surface area contributed by atoms with Gasteiger partial charge in [-0.25, -0.2) is 0 Å². The monoisotopic (exact) mass is 305 g/mol. The third kappa shape index (κ3) is 3.06. The molecule has 0 aliphatic rings. The Balaban J connectivity index is 2.15. The van der Waals surface area contributed by atoms with Gasteiger partial charge in [0.25, 0.3) is 5.69 Å². The summed E-state index contributed by atoms with van der Waals surface area (Å²) in [6, 6.07) is 5.69. The molecule has 10 heteroatoms. The number of carbonyl (C=O) groups excluding carboxylic acids is 1. The van der Waals surface area contributed by atoms with E-state index in [-0.39, 0.29) is 29.3 Å². The van der Waals surface area contributed by atoms with Gasteiger partial charge in [-0.15, -0.1) is 0 Å². The molecule has 0 aliphatic carbocycles. The van der Waals surface area contributed by atoms with Crippen LogP contribution in [0.5, 0.6) is 0 Å². The first-order chi connectivity index (χ1) is 10.4. The lowest BCUT2D eigenvalue weighted by Crippen LogP contribution is -2.20. The maximum absolute atomic E-state index is 11.9. The number of nitrogens with zero attached hydrogens (tertiary/aromatic N) is 4. The van der Waals surface area contributed by atoms with Crippen LogP contribution >= 0.6 is 0 Å². The first kappa shape index (κ1) is 15.1. The Morgan fingerprint density at radius 1 is 1.23 bits per heavy atom. The molecule has 22 heavy (non-hydrogen) atoms. The number of rotatable bonds is 5. The Morgan fingerprint density at radius 2 is 1.86 bits per heavy atom. The summed E-state index contributed by atoms with van der Waals surface area (Å²) in [5.41, 5.74) is -0.156. The summed E-state index contributed by atoms with van der Waals surface area (Å²) in [5.74, 6) is -0.574. The largest absolute Gasteiger partial charge is 0.319 e. The molecule has 1 aromatic heterocycles. The summed E-state index contributed by atoms with van der Waals surface area (Å²) in [4.78, 5) is 32.3. The quantitative estimate of drug-likeness (QED) is 0.659. The lowest BCUT2D eigenvalue weighted by molar-refractivity contribution is -0.385. The highest BCUT2D eigenvalue weighted by atomic mass is 16.6. The molecule has 0 fully saturated rings. The first-order valence-electron chi connectivity index (χ1n) is 6.10. The topological polar surface area (TPSA) is 133 Å². The van der Waals surface area contributed by atoms with Crippen molar-refractivity contribution in [1.82, 2.24) is 9.78 Å². The van der Waals surface area contributed by atoms with Crippen molar-refractivity contribution in [2.45, 2.75) is 13.5 Å². The van der Waals surface area contributed by atoms with Crippen LogP contribution in [0.2, 0.25) is 0 Å². The number of aromatic nitrogens is 2. The van der Waals surface area contributed by atoms with Gasteiger partial charge in [-0.1, -0.05) is 12.1 Å². The number of nitrogens with one attached hydrogen (secondary N) is 1.